The lowest BCUT2D eigenvalue weighted by molar-refractivity contribution is -0.167. The molecule has 0 spiro atoms. The van der Waals surface area contributed by atoms with Gasteiger partial charge in [0.15, 0.2) is 6.10 Å². The van der Waals surface area contributed by atoms with Crippen LogP contribution >= 0.6 is 0 Å². The Balaban J connectivity index is 4.29. The lowest BCUT2D eigenvalue weighted by Crippen LogP contribution is -2.30. The summed E-state index contributed by atoms with van der Waals surface area (Å²) in [6, 6.07) is 0. The van der Waals surface area contributed by atoms with Crippen molar-refractivity contribution in [1.29, 1.82) is 0 Å². The molecule has 0 saturated heterocycles. The monoisotopic (exact) mass is 1150 g/mol. The van der Waals surface area contributed by atoms with Crippen molar-refractivity contribution in [2.45, 2.75) is 380 Å². The van der Waals surface area contributed by atoms with Gasteiger partial charge in [-0.25, -0.2) is 0 Å². The largest absolute Gasteiger partial charge is 0.462 e. The van der Waals surface area contributed by atoms with E-state index in [1.807, 2.05) is 0 Å². The third-order valence-corrected chi connectivity index (χ3v) is 15.9. The van der Waals surface area contributed by atoms with Gasteiger partial charge < -0.3 is 14.2 Å². The van der Waals surface area contributed by atoms with Crippen LogP contribution in [0.4, 0.5) is 0 Å². The minimum Gasteiger partial charge on any atom is -0.462 e. The highest BCUT2D eigenvalue weighted by molar-refractivity contribution is 5.71. The molecule has 476 valence electrons. The Morgan fingerprint density at radius 3 is 0.695 bits per heavy atom. The topological polar surface area (TPSA) is 78.9 Å². The smallest absolute Gasteiger partial charge is 0.306 e. The van der Waals surface area contributed by atoms with Crippen LogP contribution in [0.5, 0.6) is 0 Å². The highest BCUT2D eigenvalue weighted by Crippen LogP contribution is 2.17. The molecule has 0 fully saturated rings. The minimum absolute atomic E-state index is 0.0785. The van der Waals surface area contributed by atoms with Gasteiger partial charge in [0.05, 0.1) is 0 Å². The first kappa shape index (κ1) is 78.8. The van der Waals surface area contributed by atoms with Crippen molar-refractivity contribution in [2.24, 2.45) is 0 Å². The third kappa shape index (κ3) is 67.6. The Bertz CT molecular complexity index is 1500. The highest BCUT2D eigenvalue weighted by Gasteiger charge is 2.19. The molecule has 0 aliphatic carbocycles. The van der Waals surface area contributed by atoms with Crippen molar-refractivity contribution in [3.63, 3.8) is 0 Å². The Morgan fingerprint density at radius 2 is 0.439 bits per heavy atom. The standard InChI is InChI=1S/C76H136O6/c1-4-7-10-13-16-19-22-25-28-30-32-34-36-37-38-39-41-42-44-46-48-51-54-57-60-63-66-69-75(78)81-72-73(71-80-74(77)68-65-62-59-56-53-50-27-24-21-18-15-12-9-6-3)82-76(79)70-67-64-61-58-55-52-49-47-45-43-40-35-33-31-29-26-23-20-17-14-11-8-5-2/h22-27,30-33,40,43,73H,4-21,28-29,34-39,41-42,44-72H2,1-3H3/b25-22-,26-23-,27-24-,32-30-,33-31-,43-40-. The van der Waals surface area contributed by atoms with E-state index in [-0.39, 0.29) is 31.1 Å². The van der Waals surface area contributed by atoms with Gasteiger partial charge in [-0.1, -0.05) is 312 Å². The predicted molar refractivity (Wildman–Crippen MR) is 358 cm³/mol. The molecule has 6 nitrogen and oxygen atoms in total. The van der Waals surface area contributed by atoms with Crippen LogP contribution in [-0.2, 0) is 28.6 Å². The van der Waals surface area contributed by atoms with Crippen LogP contribution in [0.2, 0.25) is 0 Å². The predicted octanol–water partition coefficient (Wildman–Crippen LogP) is 24.8. The van der Waals surface area contributed by atoms with Gasteiger partial charge in [0.1, 0.15) is 13.2 Å². The maximum Gasteiger partial charge on any atom is 0.306 e. The average Bonchev–Trinajstić information content (AvgIpc) is 3.47. The summed E-state index contributed by atoms with van der Waals surface area (Å²) in [5.41, 5.74) is 0. The molecule has 0 aromatic heterocycles. The first-order valence-corrected chi connectivity index (χ1v) is 35.9. The normalized spacial score (nSPS) is 12.5. The maximum absolute atomic E-state index is 13.0. The van der Waals surface area contributed by atoms with E-state index in [9.17, 15) is 14.4 Å². The average molecular weight is 1150 g/mol. The van der Waals surface area contributed by atoms with Crippen LogP contribution in [0.3, 0.4) is 0 Å². The fourth-order valence-corrected chi connectivity index (χ4v) is 10.5. The Hall–Kier alpha value is -3.15. The van der Waals surface area contributed by atoms with Gasteiger partial charge in [-0.3, -0.25) is 14.4 Å². The van der Waals surface area contributed by atoms with E-state index in [0.29, 0.717) is 19.3 Å². The van der Waals surface area contributed by atoms with Gasteiger partial charge in [-0.15, -0.1) is 0 Å². The summed E-state index contributed by atoms with van der Waals surface area (Å²) < 4.78 is 17.0. The van der Waals surface area contributed by atoms with E-state index in [1.54, 1.807) is 0 Å². The summed E-state index contributed by atoms with van der Waals surface area (Å²) in [6.45, 7) is 6.65. The first-order valence-electron chi connectivity index (χ1n) is 35.9. The second-order valence-corrected chi connectivity index (χ2v) is 24.1. The fourth-order valence-electron chi connectivity index (χ4n) is 10.5. The Kier molecular flexibility index (Phi) is 67.6. The molecule has 0 radical (unpaired) electrons. The van der Waals surface area contributed by atoms with E-state index < -0.39 is 6.10 Å². The zero-order valence-electron chi connectivity index (χ0n) is 54.8. The van der Waals surface area contributed by atoms with E-state index >= 15 is 0 Å². The van der Waals surface area contributed by atoms with E-state index in [4.69, 9.17) is 14.2 Å². The number of esters is 3. The number of hydrogen-bond acceptors (Lipinski definition) is 6. The lowest BCUT2D eigenvalue weighted by atomic mass is 10.0. The zero-order valence-corrected chi connectivity index (χ0v) is 54.8. The van der Waals surface area contributed by atoms with Crippen molar-refractivity contribution < 1.29 is 28.6 Å². The summed E-state index contributed by atoms with van der Waals surface area (Å²) in [5.74, 6) is -0.875. The van der Waals surface area contributed by atoms with Crippen LogP contribution in [0, 0.1) is 0 Å². The molecule has 0 saturated carbocycles. The number of rotatable bonds is 66. The van der Waals surface area contributed by atoms with Gasteiger partial charge >= 0.3 is 17.9 Å². The molecule has 0 N–H and O–H groups in total. The molecule has 0 rings (SSSR count). The molecule has 0 aromatic carbocycles. The van der Waals surface area contributed by atoms with Gasteiger partial charge in [-0.2, -0.15) is 0 Å². The van der Waals surface area contributed by atoms with E-state index in [0.717, 1.165) is 89.9 Å². The van der Waals surface area contributed by atoms with Gasteiger partial charge in [-0.05, 0) is 116 Å². The summed E-state index contributed by atoms with van der Waals surface area (Å²) in [5, 5.41) is 0. The molecule has 0 heterocycles. The van der Waals surface area contributed by atoms with Crippen LogP contribution in [0.25, 0.3) is 0 Å². The number of ether oxygens (including phenoxy) is 3. The van der Waals surface area contributed by atoms with Crippen molar-refractivity contribution in [3.05, 3.63) is 72.9 Å². The first-order chi connectivity index (χ1) is 40.5. The molecule has 0 aromatic rings. The van der Waals surface area contributed by atoms with Gasteiger partial charge in [0.2, 0.25) is 0 Å². The van der Waals surface area contributed by atoms with Crippen LogP contribution in [0.1, 0.15) is 374 Å². The molecular formula is C76H136O6. The van der Waals surface area contributed by atoms with E-state index in [1.165, 1.54) is 244 Å². The number of allylic oxidation sites excluding steroid dienone is 12. The molecule has 0 bridgehead atoms. The molecule has 6 heteroatoms. The molecule has 1 atom stereocenters. The second kappa shape index (κ2) is 70.3. The third-order valence-electron chi connectivity index (χ3n) is 15.9. The summed E-state index contributed by atoms with van der Waals surface area (Å²) in [6.07, 6.45) is 92.1. The SMILES string of the molecule is CCCCCCC/C=C\C/C=C\C/C=C\CCCCCCCCCCC(=O)OC(COC(=O)CCCCCCC/C=C\CCCCCCC)COC(=O)CCCCCCCCCCCCCCCCC/C=C\C/C=C\CCCCCCC. The molecule has 0 aliphatic rings. The summed E-state index contributed by atoms with van der Waals surface area (Å²) in [7, 11) is 0. The molecule has 1 unspecified atom stereocenters. The number of hydrogen-bond donors (Lipinski definition) is 0. The molecule has 0 amide bonds. The lowest BCUT2D eigenvalue weighted by Gasteiger charge is -2.18. The highest BCUT2D eigenvalue weighted by atomic mass is 16.6. The van der Waals surface area contributed by atoms with Crippen LogP contribution in [0.15, 0.2) is 72.9 Å². The van der Waals surface area contributed by atoms with E-state index in [2.05, 4.69) is 93.7 Å². The summed E-state index contributed by atoms with van der Waals surface area (Å²) >= 11 is 0. The van der Waals surface area contributed by atoms with Gasteiger partial charge in [0.25, 0.3) is 0 Å². The zero-order chi connectivity index (χ0) is 59.2. The second-order valence-electron chi connectivity index (χ2n) is 24.1. The quantitative estimate of drug-likeness (QED) is 0.0261. The number of unbranched alkanes of at least 4 members (excludes halogenated alkanes) is 43. The molecule has 0 aliphatic heterocycles. The van der Waals surface area contributed by atoms with Crippen molar-refractivity contribution in [1.82, 2.24) is 0 Å². The number of carbonyl (C=O) groups is 3. The van der Waals surface area contributed by atoms with Crippen LogP contribution in [-0.4, -0.2) is 37.2 Å². The molecular weight excluding hydrogens is 1010 g/mol. The fraction of sp³-hybridized carbons (Fsp3) is 0.803. The van der Waals surface area contributed by atoms with Gasteiger partial charge in [0, 0.05) is 19.3 Å². The van der Waals surface area contributed by atoms with Crippen molar-refractivity contribution in [3.8, 4) is 0 Å². The van der Waals surface area contributed by atoms with Crippen LogP contribution < -0.4 is 0 Å². The summed E-state index contributed by atoms with van der Waals surface area (Å²) in [4.78, 5) is 38.5. The van der Waals surface area contributed by atoms with Crippen molar-refractivity contribution >= 4 is 17.9 Å². The Morgan fingerprint density at radius 1 is 0.244 bits per heavy atom. The van der Waals surface area contributed by atoms with Crippen molar-refractivity contribution in [2.75, 3.05) is 13.2 Å². The molecule has 82 heavy (non-hydrogen) atoms. The maximum atomic E-state index is 13.0. The Labute approximate surface area is 510 Å². The number of carbonyl (C=O) groups excluding carboxylic acids is 3. The minimum atomic E-state index is -0.784.